The van der Waals surface area contributed by atoms with Crippen molar-refractivity contribution in [3.8, 4) is 10.4 Å². The van der Waals surface area contributed by atoms with Gasteiger partial charge in [-0.3, -0.25) is 0 Å². The van der Waals surface area contributed by atoms with E-state index in [0.29, 0.717) is 10.9 Å². The van der Waals surface area contributed by atoms with E-state index in [2.05, 4.69) is 12.2 Å². The molecule has 0 aliphatic carbocycles. The minimum Gasteiger partial charge on any atom is -0.310 e. The molecule has 0 bridgehead atoms. The first-order valence-corrected chi connectivity index (χ1v) is 7.86. The molecule has 21 heavy (non-hydrogen) atoms. The van der Waals surface area contributed by atoms with Gasteiger partial charge in [-0.25, -0.2) is 13.2 Å². The molecule has 1 atom stereocenters. The van der Waals surface area contributed by atoms with Crippen molar-refractivity contribution in [2.75, 3.05) is 6.54 Å². The summed E-state index contributed by atoms with van der Waals surface area (Å²) in [5, 5.41) is 3.37. The minimum atomic E-state index is -1.16. The summed E-state index contributed by atoms with van der Waals surface area (Å²) in [6, 6.07) is 5.41. The first kappa shape index (κ1) is 16.0. The number of benzene rings is 1. The Bertz CT molecular complexity index is 604. The van der Waals surface area contributed by atoms with Gasteiger partial charge in [0.25, 0.3) is 0 Å². The maximum atomic E-state index is 13.8. The van der Waals surface area contributed by atoms with Gasteiger partial charge in [-0.2, -0.15) is 0 Å². The fraction of sp³-hybridized carbons (Fsp3) is 0.375. The summed E-state index contributed by atoms with van der Waals surface area (Å²) in [4.78, 5) is 1.60. The van der Waals surface area contributed by atoms with Gasteiger partial charge in [-0.1, -0.05) is 20.3 Å². The highest BCUT2D eigenvalue weighted by Crippen LogP contribution is 2.35. The maximum Gasteiger partial charge on any atom is 0.167 e. The smallest absolute Gasteiger partial charge is 0.167 e. The monoisotopic (exact) mass is 313 g/mol. The second kappa shape index (κ2) is 7.09. The molecule has 1 aromatic carbocycles. The van der Waals surface area contributed by atoms with Crippen molar-refractivity contribution < 1.29 is 13.2 Å². The number of halogens is 3. The van der Waals surface area contributed by atoms with Crippen LogP contribution < -0.4 is 5.32 Å². The zero-order valence-corrected chi connectivity index (χ0v) is 12.9. The average molecular weight is 313 g/mol. The SMILES string of the molecule is CCCC(NCC)c1ccc(-c2cc(F)cc(F)c2F)s1. The third kappa shape index (κ3) is 3.66. The molecular formula is C16H18F3NS. The summed E-state index contributed by atoms with van der Waals surface area (Å²) < 4.78 is 40.4. The van der Waals surface area contributed by atoms with Crippen LogP contribution in [0, 0.1) is 17.5 Å². The minimum absolute atomic E-state index is 0.0181. The van der Waals surface area contributed by atoms with E-state index in [1.54, 1.807) is 6.07 Å². The third-order valence-corrected chi connectivity index (χ3v) is 4.49. The topological polar surface area (TPSA) is 12.0 Å². The van der Waals surface area contributed by atoms with E-state index in [1.165, 1.54) is 11.3 Å². The van der Waals surface area contributed by atoms with Gasteiger partial charge in [0.2, 0.25) is 0 Å². The standard InChI is InChI=1S/C16H18F3NS/c1-3-5-13(20-4-2)15-7-6-14(21-15)11-8-10(17)9-12(18)16(11)19/h6-9,13,20H,3-5H2,1-2H3. The average Bonchev–Trinajstić information content (AvgIpc) is 2.92. The van der Waals surface area contributed by atoms with E-state index in [-0.39, 0.29) is 11.6 Å². The third-order valence-electron chi connectivity index (χ3n) is 3.26. The number of thiophene rings is 1. The molecular weight excluding hydrogens is 295 g/mol. The molecule has 0 spiro atoms. The summed E-state index contributed by atoms with van der Waals surface area (Å²) in [7, 11) is 0. The lowest BCUT2D eigenvalue weighted by atomic mass is 10.1. The molecule has 0 fully saturated rings. The van der Waals surface area contributed by atoms with Gasteiger partial charge in [-0.15, -0.1) is 11.3 Å². The Balaban J connectivity index is 2.35. The first-order valence-electron chi connectivity index (χ1n) is 7.04. The van der Waals surface area contributed by atoms with Crippen molar-refractivity contribution >= 4 is 11.3 Å². The lowest BCUT2D eigenvalue weighted by Gasteiger charge is -2.15. The Kier molecular flexibility index (Phi) is 5.42. The normalized spacial score (nSPS) is 12.6. The van der Waals surface area contributed by atoms with Crippen molar-refractivity contribution in [2.24, 2.45) is 0 Å². The fourth-order valence-corrected chi connectivity index (χ4v) is 3.43. The van der Waals surface area contributed by atoms with E-state index in [1.807, 2.05) is 13.0 Å². The molecule has 1 nitrogen and oxygen atoms in total. The van der Waals surface area contributed by atoms with Gasteiger partial charge >= 0.3 is 0 Å². The van der Waals surface area contributed by atoms with E-state index in [9.17, 15) is 13.2 Å². The molecule has 114 valence electrons. The lowest BCUT2D eigenvalue weighted by molar-refractivity contribution is 0.498. The van der Waals surface area contributed by atoms with Gasteiger partial charge in [0.15, 0.2) is 11.6 Å². The van der Waals surface area contributed by atoms with Gasteiger partial charge in [0.05, 0.1) is 0 Å². The van der Waals surface area contributed by atoms with Crippen LogP contribution in [0.1, 0.15) is 37.6 Å². The summed E-state index contributed by atoms with van der Waals surface area (Å²) in [5.74, 6) is -2.92. The van der Waals surface area contributed by atoms with Crippen molar-refractivity contribution in [1.82, 2.24) is 5.32 Å². The van der Waals surface area contributed by atoms with Crippen LogP contribution in [0.3, 0.4) is 0 Å². The zero-order chi connectivity index (χ0) is 15.4. The van der Waals surface area contributed by atoms with Crippen molar-refractivity contribution in [3.63, 3.8) is 0 Å². The Morgan fingerprint density at radius 3 is 2.57 bits per heavy atom. The molecule has 0 radical (unpaired) electrons. The molecule has 2 rings (SSSR count). The predicted octanol–water partition coefficient (Wildman–Crippen LogP) is 5.28. The van der Waals surface area contributed by atoms with Gasteiger partial charge < -0.3 is 5.32 Å². The molecule has 2 aromatic rings. The van der Waals surface area contributed by atoms with Crippen LogP contribution in [0.15, 0.2) is 24.3 Å². The number of nitrogens with one attached hydrogen (secondary N) is 1. The van der Waals surface area contributed by atoms with Crippen LogP contribution in [-0.2, 0) is 0 Å². The first-order chi connectivity index (χ1) is 10.1. The highest BCUT2D eigenvalue weighted by Gasteiger charge is 2.17. The van der Waals surface area contributed by atoms with E-state index in [4.69, 9.17) is 0 Å². The van der Waals surface area contributed by atoms with Gasteiger partial charge in [-0.05, 0) is 31.2 Å². The van der Waals surface area contributed by atoms with E-state index < -0.39 is 17.5 Å². The molecule has 0 amide bonds. The van der Waals surface area contributed by atoms with Crippen LogP contribution in [0.5, 0.6) is 0 Å². The molecule has 1 heterocycles. The second-order valence-electron chi connectivity index (χ2n) is 4.85. The van der Waals surface area contributed by atoms with Crippen LogP contribution in [0.2, 0.25) is 0 Å². The molecule has 0 aliphatic heterocycles. The van der Waals surface area contributed by atoms with Crippen LogP contribution in [0.25, 0.3) is 10.4 Å². The van der Waals surface area contributed by atoms with Gasteiger partial charge in [0, 0.05) is 27.4 Å². The highest BCUT2D eigenvalue weighted by atomic mass is 32.1. The molecule has 0 aliphatic rings. The molecule has 1 unspecified atom stereocenters. The second-order valence-corrected chi connectivity index (χ2v) is 5.97. The molecule has 1 aromatic heterocycles. The summed E-state index contributed by atoms with van der Waals surface area (Å²) >= 11 is 1.37. The van der Waals surface area contributed by atoms with Crippen molar-refractivity contribution in [1.29, 1.82) is 0 Å². The number of rotatable bonds is 6. The largest absolute Gasteiger partial charge is 0.310 e. The lowest BCUT2D eigenvalue weighted by Crippen LogP contribution is -2.19. The van der Waals surface area contributed by atoms with Crippen molar-refractivity contribution in [2.45, 2.75) is 32.7 Å². The fourth-order valence-electron chi connectivity index (χ4n) is 2.30. The van der Waals surface area contributed by atoms with Crippen LogP contribution in [-0.4, -0.2) is 6.54 Å². The molecule has 5 heteroatoms. The Morgan fingerprint density at radius 1 is 1.14 bits per heavy atom. The Morgan fingerprint density at radius 2 is 1.90 bits per heavy atom. The molecule has 1 N–H and O–H groups in total. The number of hydrogen-bond acceptors (Lipinski definition) is 2. The van der Waals surface area contributed by atoms with Crippen molar-refractivity contribution in [3.05, 3.63) is 46.6 Å². The Hall–Kier alpha value is -1.33. The van der Waals surface area contributed by atoms with E-state index in [0.717, 1.165) is 30.3 Å². The quantitative estimate of drug-likeness (QED) is 0.715. The summed E-state index contributed by atoms with van der Waals surface area (Å²) in [5.41, 5.74) is -0.0181. The predicted molar refractivity (Wildman–Crippen MR) is 81.0 cm³/mol. The number of hydrogen-bond donors (Lipinski definition) is 1. The molecule has 0 saturated carbocycles. The van der Waals surface area contributed by atoms with Crippen LogP contribution >= 0.6 is 11.3 Å². The van der Waals surface area contributed by atoms with E-state index >= 15 is 0 Å². The molecule has 0 saturated heterocycles. The summed E-state index contributed by atoms with van der Waals surface area (Å²) in [6.45, 7) is 4.96. The zero-order valence-electron chi connectivity index (χ0n) is 12.1. The van der Waals surface area contributed by atoms with Gasteiger partial charge in [0.1, 0.15) is 5.82 Å². The van der Waals surface area contributed by atoms with Crippen LogP contribution in [0.4, 0.5) is 13.2 Å². The highest BCUT2D eigenvalue weighted by molar-refractivity contribution is 7.15. The summed E-state index contributed by atoms with van der Waals surface area (Å²) in [6.07, 6.45) is 1.99. The maximum absolute atomic E-state index is 13.8. The Labute approximate surface area is 126 Å².